The number of benzene rings is 3. The van der Waals surface area contributed by atoms with Crippen molar-refractivity contribution in [2.75, 3.05) is 25.5 Å². The zero-order valence-electron chi connectivity index (χ0n) is 18.0. The fourth-order valence-corrected chi connectivity index (χ4v) is 6.21. The summed E-state index contributed by atoms with van der Waals surface area (Å²) in [6.07, 6.45) is 0. The van der Waals surface area contributed by atoms with Crippen molar-refractivity contribution in [3.05, 3.63) is 95.1 Å². The predicted molar refractivity (Wildman–Crippen MR) is 122 cm³/mol. The number of ether oxygens (including phenoxy) is 1. The zero-order chi connectivity index (χ0) is 22.8. The van der Waals surface area contributed by atoms with Gasteiger partial charge in [0.2, 0.25) is 0 Å². The van der Waals surface area contributed by atoms with Crippen LogP contribution in [0.25, 0.3) is 0 Å². The van der Waals surface area contributed by atoms with Crippen LogP contribution in [0.5, 0.6) is 5.75 Å². The average molecular weight is 435 g/mol. The second-order valence-corrected chi connectivity index (χ2v) is 8.96. The van der Waals surface area contributed by atoms with E-state index in [0.29, 0.717) is 23.4 Å². The SMILES string of the molecule is CN1C[C@H](c2ccc(C#N)cc2)[C@]2(COc3ccccc3C2=O)[C@@]12C(=O)Nc1ccccc12. The van der Waals surface area contributed by atoms with Crippen molar-refractivity contribution < 1.29 is 14.3 Å². The third kappa shape index (κ3) is 2.30. The molecule has 0 radical (unpaired) electrons. The highest BCUT2D eigenvalue weighted by Gasteiger charge is 2.75. The summed E-state index contributed by atoms with van der Waals surface area (Å²) in [4.78, 5) is 30.3. The summed E-state index contributed by atoms with van der Waals surface area (Å²) in [7, 11) is 1.90. The second kappa shape index (κ2) is 6.77. The summed E-state index contributed by atoms with van der Waals surface area (Å²) < 4.78 is 6.25. The first-order valence-electron chi connectivity index (χ1n) is 10.9. The lowest BCUT2D eigenvalue weighted by atomic mass is 9.57. The maximum atomic E-state index is 14.5. The summed E-state index contributed by atoms with van der Waals surface area (Å²) in [6, 6.07) is 24.3. The molecular weight excluding hydrogens is 414 g/mol. The number of hydrogen-bond acceptors (Lipinski definition) is 5. The number of nitrogens with zero attached hydrogens (tertiary/aromatic N) is 2. The molecule has 0 aromatic heterocycles. The van der Waals surface area contributed by atoms with E-state index in [2.05, 4.69) is 11.4 Å². The van der Waals surface area contributed by atoms with Gasteiger partial charge in [-0.1, -0.05) is 42.5 Å². The molecule has 33 heavy (non-hydrogen) atoms. The third-order valence-electron chi connectivity index (χ3n) is 7.60. The number of nitriles is 1. The molecule has 1 fully saturated rings. The monoisotopic (exact) mass is 435 g/mol. The Kier molecular flexibility index (Phi) is 4.05. The van der Waals surface area contributed by atoms with Gasteiger partial charge in [-0.3, -0.25) is 14.5 Å². The quantitative estimate of drug-likeness (QED) is 0.630. The minimum absolute atomic E-state index is 0.0829. The first kappa shape index (κ1) is 19.7. The van der Waals surface area contributed by atoms with Crippen LogP contribution in [0.2, 0.25) is 0 Å². The largest absolute Gasteiger partial charge is 0.492 e. The molecule has 1 saturated heterocycles. The van der Waals surface area contributed by atoms with E-state index in [0.717, 1.165) is 16.8 Å². The average Bonchev–Trinajstić information content (AvgIpc) is 3.30. The standard InChI is InChI=1S/C27H21N3O3/c1-30-15-21(18-12-10-17(14-28)11-13-18)26(16-33-23-9-5-2-6-19(23)24(26)31)27(30)20-7-3-4-8-22(20)29-25(27)32/h2-13,21H,15-16H2,1H3,(H,29,32)/t21-,26+,27-/m1/s1. The minimum atomic E-state index is -1.22. The Morgan fingerprint density at radius 3 is 2.55 bits per heavy atom. The van der Waals surface area contributed by atoms with Gasteiger partial charge in [-0.15, -0.1) is 0 Å². The molecule has 3 aromatic carbocycles. The molecule has 2 spiro atoms. The molecule has 6 rings (SSSR count). The lowest BCUT2D eigenvalue weighted by Gasteiger charge is -2.47. The van der Waals surface area contributed by atoms with Crippen molar-refractivity contribution in [1.82, 2.24) is 4.90 Å². The van der Waals surface area contributed by atoms with Gasteiger partial charge in [-0.05, 0) is 42.9 Å². The summed E-state index contributed by atoms with van der Waals surface area (Å²) in [6.45, 7) is 0.574. The van der Waals surface area contributed by atoms with E-state index in [1.165, 1.54) is 0 Å². The summed E-state index contributed by atoms with van der Waals surface area (Å²) in [5, 5.41) is 12.3. The number of likely N-dealkylation sites (tertiary alicyclic amines) is 1. The van der Waals surface area contributed by atoms with E-state index >= 15 is 0 Å². The molecule has 162 valence electrons. The van der Waals surface area contributed by atoms with Crippen molar-refractivity contribution in [3.8, 4) is 11.8 Å². The number of rotatable bonds is 1. The molecule has 3 aliphatic heterocycles. The van der Waals surface area contributed by atoms with E-state index in [4.69, 9.17) is 4.74 Å². The van der Waals surface area contributed by atoms with Gasteiger partial charge in [-0.2, -0.15) is 5.26 Å². The number of amides is 1. The Morgan fingerprint density at radius 1 is 1.03 bits per heavy atom. The maximum absolute atomic E-state index is 14.5. The Balaban J connectivity index is 1.65. The third-order valence-corrected chi connectivity index (χ3v) is 7.60. The van der Waals surface area contributed by atoms with E-state index in [9.17, 15) is 14.9 Å². The number of Topliss-reactive ketones (excluding diaryl/α,β-unsaturated/α-hetero) is 1. The normalized spacial score (nSPS) is 27.7. The van der Waals surface area contributed by atoms with E-state index < -0.39 is 11.0 Å². The number of ketones is 1. The van der Waals surface area contributed by atoms with Gasteiger partial charge in [0.15, 0.2) is 5.78 Å². The topological polar surface area (TPSA) is 82.4 Å². The van der Waals surface area contributed by atoms with E-state index in [-0.39, 0.29) is 24.2 Å². The van der Waals surface area contributed by atoms with Crippen LogP contribution in [-0.2, 0) is 10.3 Å². The molecule has 1 amide bonds. The zero-order valence-corrected chi connectivity index (χ0v) is 18.0. The fourth-order valence-electron chi connectivity index (χ4n) is 6.21. The van der Waals surface area contributed by atoms with E-state index in [1.807, 2.05) is 60.5 Å². The smallest absolute Gasteiger partial charge is 0.250 e. The summed E-state index contributed by atoms with van der Waals surface area (Å²) in [5.74, 6) is -0.0651. The maximum Gasteiger partial charge on any atom is 0.250 e. The molecular formula is C27H21N3O3. The van der Waals surface area contributed by atoms with Crippen LogP contribution >= 0.6 is 0 Å². The van der Waals surface area contributed by atoms with Crippen LogP contribution < -0.4 is 10.1 Å². The number of likely N-dealkylation sites (N-methyl/N-ethyl adjacent to an activating group) is 1. The number of para-hydroxylation sites is 2. The molecule has 3 heterocycles. The number of anilines is 1. The molecule has 6 heteroatoms. The lowest BCUT2D eigenvalue weighted by Crippen LogP contribution is -2.62. The molecule has 0 bridgehead atoms. The molecule has 1 N–H and O–H groups in total. The van der Waals surface area contributed by atoms with Crippen LogP contribution in [0.1, 0.15) is 33.0 Å². The van der Waals surface area contributed by atoms with Crippen molar-refractivity contribution in [3.63, 3.8) is 0 Å². The molecule has 3 aliphatic rings. The first-order valence-corrected chi connectivity index (χ1v) is 10.9. The Labute approximate surface area is 191 Å². The molecule has 0 aliphatic carbocycles. The van der Waals surface area contributed by atoms with Gasteiger partial charge in [0, 0.05) is 23.7 Å². The molecule has 0 unspecified atom stereocenters. The van der Waals surface area contributed by atoms with Gasteiger partial charge in [0.25, 0.3) is 5.91 Å². The van der Waals surface area contributed by atoms with Crippen LogP contribution in [0, 0.1) is 16.7 Å². The molecule has 3 aromatic rings. The molecule has 3 atom stereocenters. The molecule has 0 saturated carbocycles. The summed E-state index contributed by atoms with van der Waals surface area (Å²) in [5.41, 5.74) is 1.08. The minimum Gasteiger partial charge on any atom is -0.492 e. The van der Waals surface area contributed by atoms with Crippen molar-refractivity contribution in [2.45, 2.75) is 11.5 Å². The van der Waals surface area contributed by atoms with Crippen LogP contribution in [-0.4, -0.2) is 36.8 Å². The number of nitrogens with one attached hydrogen (secondary N) is 1. The van der Waals surface area contributed by atoms with Crippen molar-refractivity contribution in [2.24, 2.45) is 5.41 Å². The van der Waals surface area contributed by atoms with Crippen LogP contribution in [0.4, 0.5) is 5.69 Å². The van der Waals surface area contributed by atoms with Crippen LogP contribution in [0.15, 0.2) is 72.8 Å². The second-order valence-electron chi connectivity index (χ2n) is 8.96. The Morgan fingerprint density at radius 2 is 1.76 bits per heavy atom. The molecule has 6 nitrogen and oxygen atoms in total. The highest BCUT2D eigenvalue weighted by Crippen LogP contribution is 2.64. The fraction of sp³-hybridized carbons (Fsp3) is 0.222. The number of carbonyl (C=O) groups is 2. The first-order chi connectivity index (χ1) is 16.0. The lowest BCUT2D eigenvalue weighted by molar-refractivity contribution is -0.131. The summed E-state index contributed by atoms with van der Waals surface area (Å²) >= 11 is 0. The number of hydrogen-bond donors (Lipinski definition) is 1. The van der Waals surface area contributed by atoms with E-state index in [1.54, 1.807) is 24.3 Å². The van der Waals surface area contributed by atoms with Crippen LogP contribution in [0.3, 0.4) is 0 Å². The Hall–Kier alpha value is -3.95. The van der Waals surface area contributed by atoms with Crippen molar-refractivity contribution >= 4 is 17.4 Å². The van der Waals surface area contributed by atoms with Gasteiger partial charge in [0.1, 0.15) is 23.3 Å². The van der Waals surface area contributed by atoms with Gasteiger partial charge in [-0.25, -0.2) is 0 Å². The van der Waals surface area contributed by atoms with Crippen molar-refractivity contribution in [1.29, 1.82) is 5.26 Å². The Bertz CT molecular complexity index is 1360. The van der Waals surface area contributed by atoms with Gasteiger partial charge < -0.3 is 10.1 Å². The number of carbonyl (C=O) groups excluding carboxylic acids is 2. The predicted octanol–water partition coefficient (Wildman–Crippen LogP) is 3.70. The highest BCUT2D eigenvalue weighted by atomic mass is 16.5. The highest BCUT2D eigenvalue weighted by molar-refractivity contribution is 6.15. The van der Waals surface area contributed by atoms with Gasteiger partial charge in [0.05, 0.1) is 17.2 Å². The number of fused-ring (bicyclic) bond motifs is 4. The van der Waals surface area contributed by atoms with Gasteiger partial charge >= 0.3 is 0 Å².